The van der Waals surface area contributed by atoms with Gasteiger partial charge in [-0.25, -0.2) is 4.39 Å². The summed E-state index contributed by atoms with van der Waals surface area (Å²) in [5, 5.41) is 9.50. The molecule has 0 spiro atoms. The van der Waals surface area contributed by atoms with Crippen molar-refractivity contribution >= 4 is 17.7 Å². The fourth-order valence-corrected chi connectivity index (χ4v) is 2.88. The van der Waals surface area contributed by atoms with E-state index >= 15 is 0 Å². The average molecular weight is 276 g/mol. The zero-order valence-electron chi connectivity index (χ0n) is 10.3. The van der Waals surface area contributed by atoms with Crippen molar-refractivity contribution in [1.82, 2.24) is 0 Å². The predicted octanol–water partition coefficient (Wildman–Crippen LogP) is 3.92. The van der Waals surface area contributed by atoms with E-state index in [1.807, 2.05) is 6.07 Å². The van der Waals surface area contributed by atoms with Crippen LogP contribution in [0.25, 0.3) is 0 Å². The molecule has 4 heteroatoms. The Kier molecular flexibility index (Phi) is 3.90. The van der Waals surface area contributed by atoms with Crippen molar-refractivity contribution in [1.29, 1.82) is 0 Å². The van der Waals surface area contributed by atoms with Gasteiger partial charge in [0.05, 0.1) is 0 Å². The molecule has 2 nitrogen and oxygen atoms in total. The molecule has 19 heavy (non-hydrogen) atoms. The number of benzene rings is 2. The third-order valence-corrected chi connectivity index (χ3v) is 4.16. The molecule has 1 atom stereocenters. The molecule has 2 aromatic carbocycles. The number of hydrogen-bond acceptors (Lipinski definition) is 2. The Bertz CT molecular complexity index is 586. The summed E-state index contributed by atoms with van der Waals surface area (Å²) in [5.41, 5.74) is 0.678. The third kappa shape index (κ3) is 2.96. The first kappa shape index (κ1) is 13.6. The summed E-state index contributed by atoms with van der Waals surface area (Å²) in [6, 6.07) is 14.9. The quantitative estimate of drug-likeness (QED) is 0.860. The zero-order chi connectivity index (χ0) is 13.9. The van der Waals surface area contributed by atoms with Gasteiger partial charge in [-0.05, 0) is 30.7 Å². The van der Waals surface area contributed by atoms with Gasteiger partial charge < -0.3 is 5.11 Å². The van der Waals surface area contributed by atoms with E-state index in [4.69, 9.17) is 0 Å². The second-order valence-corrected chi connectivity index (χ2v) is 5.76. The van der Waals surface area contributed by atoms with Crippen LogP contribution in [0.1, 0.15) is 12.5 Å². The first-order valence-electron chi connectivity index (χ1n) is 5.76. The van der Waals surface area contributed by atoms with E-state index < -0.39 is 10.7 Å². The standard InChI is InChI=1S/C15H13FO2S/c1-15(14(17)18,11-6-3-2-4-7-11)19-13-9-5-8-12(16)10-13/h2-10H,1H3,(H,17,18)/t15-/m0/s1. The van der Waals surface area contributed by atoms with Crippen molar-refractivity contribution < 1.29 is 14.3 Å². The number of aliphatic carboxylic acids is 1. The molecule has 98 valence electrons. The van der Waals surface area contributed by atoms with Gasteiger partial charge in [0, 0.05) is 4.90 Å². The molecule has 2 rings (SSSR count). The fourth-order valence-electron chi connectivity index (χ4n) is 1.75. The van der Waals surface area contributed by atoms with E-state index in [1.165, 1.54) is 12.1 Å². The monoisotopic (exact) mass is 276 g/mol. The van der Waals surface area contributed by atoms with Gasteiger partial charge in [0.15, 0.2) is 0 Å². The van der Waals surface area contributed by atoms with Crippen LogP contribution in [-0.2, 0) is 9.54 Å². The molecule has 0 aliphatic heterocycles. The lowest BCUT2D eigenvalue weighted by Gasteiger charge is -2.24. The maximum atomic E-state index is 13.2. The molecule has 0 bridgehead atoms. The van der Waals surface area contributed by atoms with Crippen LogP contribution in [-0.4, -0.2) is 11.1 Å². The van der Waals surface area contributed by atoms with Crippen molar-refractivity contribution in [3.05, 3.63) is 66.0 Å². The van der Waals surface area contributed by atoms with Gasteiger partial charge in [-0.2, -0.15) is 0 Å². The Morgan fingerprint density at radius 3 is 2.42 bits per heavy atom. The summed E-state index contributed by atoms with van der Waals surface area (Å²) < 4.78 is 12.0. The van der Waals surface area contributed by atoms with E-state index in [-0.39, 0.29) is 5.82 Å². The minimum atomic E-state index is -1.14. The minimum absolute atomic E-state index is 0.370. The van der Waals surface area contributed by atoms with E-state index in [2.05, 4.69) is 0 Å². The lowest BCUT2D eigenvalue weighted by Crippen LogP contribution is -2.28. The number of thioether (sulfide) groups is 1. The lowest BCUT2D eigenvalue weighted by atomic mass is 10.0. The van der Waals surface area contributed by atoms with E-state index in [0.29, 0.717) is 10.5 Å². The molecule has 0 fully saturated rings. The summed E-state index contributed by atoms with van der Waals surface area (Å²) in [6.45, 7) is 1.63. The molecule has 0 radical (unpaired) electrons. The van der Waals surface area contributed by atoms with Gasteiger partial charge in [0.2, 0.25) is 0 Å². The van der Waals surface area contributed by atoms with Crippen LogP contribution in [0.5, 0.6) is 0 Å². The average Bonchev–Trinajstić information content (AvgIpc) is 2.39. The largest absolute Gasteiger partial charge is 0.480 e. The molecule has 0 saturated carbocycles. The molecule has 1 N–H and O–H groups in total. The maximum absolute atomic E-state index is 13.2. The number of halogens is 1. The highest BCUT2D eigenvalue weighted by Crippen LogP contribution is 2.41. The van der Waals surface area contributed by atoms with E-state index in [0.717, 1.165) is 11.8 Å². The third-order valence-electron chi connectivity index (χ3n) is 2.85. The summed E-state index contributed by atoms with van der Waals surface area (Å²) in [4.78, 5) is 12.2. The number of carboxylic acid groups (broad SMARTS) is 1. The van der Waals surface area contributed by atoms with Crippen LogP contribution in [0, 0.1) is 5.82 Å². The molecule has 0 aliphatic rings. The van der Waals surface area contributed by atoms with Gasteiger partial charge in [0.1, 0.15) is 10.6 Å². The molecule has 0 unspecified atom stereocenters. The Morgan fingerprint density at radius 1 is 1.16 bits per heavy atom. The first-order chi connectivity index (χ1) is 9.02. The number of carbonyl (C=O) groups is 1. The van der Waals surface area contributed by atoms with Gasteiger partial charge in [-0.3, -0.25) is 4.79 Å². The maximum Gasteiger partial charge on any atom is 0.324 e. The van der Waals surface area contributed by atoms with E-state index in [9.17, 15) is 14.3 Å². The lowest BCUT2D eigenvalue weighted by molar-refractivity contribution is -0.139. The second-order valence-electron chi connectivity index (χ2n) is 4.26. The Balaban J connectivity index is 2.39. The van der Waals surface area contributed by atoms with Gasteiger partial charge in [-0.1, -0.05) is 36.4 Å². The Morgan fingerprint density at radius 2 is 1.84 bits per heavy atom. The normalized spacial score (nSPS) is 13.8. The first-order valence-corrected chi connectivity index (χ1v) is 6.57. The molecule has 0 aromatic heterocycles. The number of carboxylic acids is 1. The van der Waals surface area contributed by atoms with Crippen LogP contribution >= 0.6 is 11.8 Å². The van der Waals surface area contributed by atoms with Crippen LogP contribution in [0.2, 0.25) is 0 Å². The van der Waals surface area contributed by atoms with Gasteiger partial charge in [-0.15, -0.1) is 11.8 Å². The summed E-state index contributed by atoms with van der Waals surface area (Å²) >= 11 is 1.13. The van der Waals surface area contributed by atoms with Crippen LogP contribution < -0.4 is 0 Å². The summed E-state index contributed by atoms with van der Waals surface area (Å²) in [7, 11) is 0. The SMILES string of the molecule is C[C@@](Sc1cccc(F)c1)(C(=O)O)c1ccccc1. The molecule has 0 amide bonds. The second kappa shape index (κ2) is 5.45. The smallest absolute Gasteiger partial charge is 0.324 e. The number of rotatable bonds is 4. The van der Waals surface area contributed by atoms with Crippen molar-refractivity contribution in [2.24, 2.45) is 0 Å². The molecular formula is C15H13FO2S. The minimum Gasteiger partial charge on any atom is -0.480 e. The Labute approximate surface area is 115 Å². The van der Waals surface area contributed by atoms with Gasteiger partial charge in [0.25, 0.3) is 0 Å². The molecule has 0 heterocycles. The van der Waals surface area contributed by atoms with Gasteiger partial charge >= 0.3 is 5.97 Å². The fraction of sp³-hybridized carbons (Fsp3) is 0.133. The van der Waals surface area contributed by atoms with Crippen LogP contribution in [0.3, 0.4) is 0 Å². The van der Waals surface area contributed by atoms with Crippen LogP contribution in [0.4, 0.5) is 4.39 Å². The highest BCUT2D eigenvalue weighted by atomic mass is 32.2. The Hall–Kier alpha value is -1.81. The predicted molar refractivity (Wildman–Crippen MR) is 73.7 cm³/mol. The van der Waals surface area contributed by atoms with E-state index in [1.54, 1.807) is 43.3 Å². The molecule has 0 aliphatic carbocycles. The highest BCUT2D eigenvalue weighted by molar-refractivity contribution is 8.01. The highest BCUT2D eigenvalue weighted by Gasteiger charge is 2.36. The summed E-state index contributed by atoms with van der Waals surface area (Å²) in [6.07, 6.45) is 0. The van der Waals surface area contributed by atoms with Crippen molar-refractivity contribution in [3.8, 4) is 0 Å². The molecule has 0 saturated heterocycles. The van der Waals surface area contributed by atoms with Crippen molar-refractivity contribution in [3.63, 3.8) is 0 Å². The van der Waals surface area contributed by atoms with Crippen LogP contribution in [0.15, 0.2) is 59.5 Å². The summed E-state index contributed by atoms with van der Waals surface area (Å²) in [5.74, 6) is -1.32. The number of hydrogen-bond donors (Lipinski definition) is 1. The van der Waals surface area contributed by atoms with Crippen molar-refractivity contribution in [2.75, 3.05) is 0 Å². The topological polar surface area (TPSA) is 37.3 Å². The van der Waals surface area contributed by atoms with Crippen molar-refractivity contribution in [2.45, 2.75) is 16.6 Å². The molecular weight excluding hydrogens is 263 g/mol. The zero-order valence-corrected chi connectivity index (χ0v) is 11.2. The molecule has 2 aromatic rings.